The zero-order valence-corrected chi connectivity index (χ0v) is 11.4. The summed E-state index contributed by atoms with van der Waals surface area (Å²) in [5.74, 6) is 7.73. The first kappa shape index (κ1) is 11.7. The number of hydrazine groups is 1. The lowest BCUT2D eigenvalue weighted by Crippen LogP contribution is -2.22. The van der Waals surface area contributed by atoms with E-state index < -0.39 is 0 Å². The summed E-state index contributed by atoms with van der Waals surface area (Å²) in [5.41, 5.74) is 2.55. The van der Waals surface area contributed by atoms with Crippen molar-refractivity contribution in [2.24, 2.45) is 11.8 Å². The van der Waals surface area contributed by atoms with Gasteiger partial charge in [0.15, 0.2) is 0 Å². The highest BCUT2D eigenvalue weighted by atomic mass is 32.1. The number of nitrogens with zero attached hydrogens (tertiary/aromatic N) is 3. The van der Waals surface area contributed by atoms with Gasteiger partial charge in [0.05, 0.1) is 5.39 Å². The number of anilines is 2. The molecular formula is C12H17N5S. The number of hydrogen-bond acceptors (Lipinski definition) is 6. The number of nitrogen functional groups attached to an aromatic ring is 1. The van der Waals surface area contributed by atoms with E-state index in [0.717, 1.165) is 28.5 Å². The lowest BCUT2D eigenvalue weighted by Gasteiger charge is -2.19. The van der Waals surface area contributed by atoms with Gasteiger partial charge in [-0.2, -0.15) is 4.98 Å². The Labute approximate surface area is 110 Å². The normalized spacial score (nSPS) is 15.1. The standard InChI is InChI=1S/C12H17N5S/c1-7-5-9-10(17(2)6-8-3-4-8)14-12(16-13)15-11(9)18-7/h5,8H,3-4,6,13H2,1-2H3,(H,14,15,16). The average Bonchev–Trinajstić information content (AvgIpc) is 3.06. The molecule has 0 saturated heterocycles. The van der Waals surface area contributed by atoms with E-state index in [-0.39, 0.29) is 0 Å². The molecule has 0 unspecified atom stereocenters. The molecule has 0 bridgehead atoms. The fourth-order valence-corrected chi connectivity index (χ4v) is 3.03. The third-order valence-electron chi connectivity index (χ3n) is 3.22. The zero-order valence-electron chi connectivity index (χ0n) is 10.6. The Morgan fingerprint density at radius 2 is 2.28 bits per heavy atom. The number of rotatable bonds is 4. The van der Waals surface area contributed by atoms with E-state index in [1.165, 1.54) is 17.7 Å². The van der Waals surface area contributed by atoms with Crippen molar-refractivity contribution in [3.63, 3.8) is 0 Å². The molecule has 3 rings (SSSR count). The number of aryl methyl sites for hydroxylation is 1. The van der Waals surface area contributed by atoms with Crippen LogP contribution in [0.25, 0.3) is 10.2 Å². The first-order chi connectivity index (χ1) is 8.67. The van der Waals surface area contributed by atoms with Crippen molar-refractivity contribution in [2.45, 2.75) is 19.8 Å². The van der Waals surface area contributed by atoms with E-state index in [0.29, 0.717) is 5.95 Å². The van der Waals surface area contributed by atoms with Crippen LogP contribution in [0.5, 0.6) is 0 Å². The molecule has 0 aromatic carbocycles. The molecule has 0 atom stereocenters. The first-order valence-corrected chi connectivity index (χ1v) is 6.95. The van der Waals surface area contributed by atoms with E-state index in [1.54, 1.807) is 11.3 Å². The maximum atomic E-state index is 5.44. The van der Waals surface area contributed by atoms with Crippen molar-refractivity contribution < 1.29 is 0 Å². The van der Waals surface area contributed by atoms with E-state index >= 15 is 0 Å². The summed E-state index contributed by atoms with van der Waals surface area (Å²) in [7, 11) is 2.09. The second-order valence-corrected chi connectivity index (χ2v) is 6.15. The zero-order chi connectivity index (χ0) is 12.7. The fourth-order valence-electron chi connectivity index (χ4n) is 2.16. The Bertz CT molecular complexity index is 575. The van der Waals surface area contributed by atoms with Gasteiger partial charge in [0.2, 0.25) is 5.95 Å². The molecule has 0 radical (unpaired) electrons. The minimum atomic E-state index is 0.488. The van der Waals surface area contributed by atoms with Crippen molar-refractivity contribution in [2.75, 3.05) is 23.9 Å². The number of aromatic nitrogens is 2. The second-order valence-electron chi connectivity index (χ2n) is 4.91. The molecule has 96 valence electrons. The molecule has 0 aliphatic heterocycles. The van der Waals surface area contributed by atoms with Gasteiger partial charge >= 0.3 is 0 Å². The van der Waals surface area contributed by atoms with Crippen LogP contribution in [-0.4, -0.2) is 23.6 Å². The van der Waals surface area contributed by atoms with E-state index in [9.17, 15) is 0 Å². The number of thiophene rings is 1. The number of fused-ring (bicyclic) bond motifs is 1. The van der Waals surface area contributed by atoms with Crippen molar-refractivity contribution in [3.8, 4) is 0 Å². The molecule has 1 aliphatic carbocycles. The quantitative estimate of drug-likeness (QED) is 0.653. The van der Waals surface area contributed by atoms with Gasteiger partial charge in [0, 0.05) is 18.5 Å². The number of nitrogens with two attached hydrogens (primary N) is 1. The molecule has 2 aromatic rings. The summed E-state index contributed by atoms with van der Waals surface area (Å²) in [6.45, 7) is 3.15. The molecular weight excluding hydrogens is 246 g/mol. The maximum absolute atomic E-state index is 5.44. The smallest absolute Gasteiger partial charge is 0.240 e. The predicted molar refractivity (Wildman–Crippen MR) is 76.0 cm³/mol. The maximum Gasteiger partial charge on any atom is 0.240 e. The van der Waals surface area contributed by atoms with Crippen LogP contribution in [0.3, 0.4) is 0 Å². The van der Waals surface area contributed by atoms with Crippen LogP contribution in [0.1, 0.15) is 17.7 Å². The highest BCUT2D eigenvalue weighted by molar-refractivity contribution is 7.18. The molecule has 18 heavy (non-hydrogen) atoms. The minimum absolute atomic E-state index is 0.488. The van der Waals surface area contributed by atoms with Gasteiger partial charge in [0.1, 0.15) is 10.6 Å². The molecule has 1 fully saturated rings. The van der Waals surface area contributed by atoms with Crippen LogP contribution in [0.2, 0.25) is 0 Å². The second kappa shape index (κ2) is 4.37. The van der Waals surface area contributed by atoms with Crippen molar-refractivity contribution in [1.82, 2.24) is 9.97 Å². The third kappa shape index (κ3) is 2.13. The van der Waals surface area contributed by atoms with Crippen LogP contribution in [0.15, 0.2) is 6.07 Å². The number of hydrogen-bond donors (Lipinski definition) is 2. The average molecular weight is 263 g/mol. The Morgan fingerprint density at radius 1 is 1.50 bits per heavy atom. The molecule has 2 aromatic heterocycles. The monoisotopic (exact) mass is 263 g/mol. The molecule has 0 amide bonds. The molecule has 2 heterocycles. The first-order valence-electron chi connectivity index (χ1n) is 6.13. The largest absolute Gasteiger partial charge is 0.359 e. The molecule has 1 saturated carbocycles. The van der Waals surface area contributed by atoms with Gasteiger partial charge in [0.25, 0.3) is 0 Å². The summed E-state index contributed by atoms with van der Waals surface area (Å²) in [4.78, 5) is 13.4. The van der Waals surface area contributed by atoms with Gasteiger partial charge in [-0.1, -0.05) is 0 Å². The molecule has 6 heteroatoms. The van der Waals surface area contributed by atoms with E-state index in [2.05, 4.69) is 40.3 Å². The highest BCUT2D eigenvalue weighted by Gasteiger charge is 2.24. The van der Waals surface area contributed by atoms with Gasteiger partial charge < -0.3 is 4.90 Å². The SMILES string of the molecule is Cc1cc2c(N(C)CC3CC3)nc(NN)nc2s1. The summed E-state index contributed by atoms with van der Waals surface area (Å²) in [6, 6.07) is 2.15. The Hall–Kier alpha value is -1.40. The van der Waals surface area contributed by atoms with Crippen molar-refractivity contribution in [3.05, 3.63) is 10.9 Å². The Kier molecular flexibility index (Phi) is 2.83. The summed E-state index contributed by atoms with van der Waals surface area (Å²) < 4.78 is 0. The van der Waals surface area contributed by atoms with Crippen LogP contribution < -0.4 is 16.2 Å². The van der Waals surface area contributed by atoms with Crippen LogP contribution in [-0.2, 0) is 0 Å². The Balaban J connectivity index is 2.05. The summed E-state index contributed by atoms with van der Waals surface area (Å²) in [5, 5.41) is 1.12. The minimum Gasteiger partial charge on any atom is -0.359 e. The molecule has 5 nitrogen and oxygen atoms in total. The van der Waals surface area contributed by atoms with Crippen LogP contribution in [0, 0.1) is 12.8 Å². The third-order valence-corrected chi connectivity index (χ3v) is 4.16. The Morgan fingerprint density at radius 3 is 2.94 bits per heavy atom. The molecule has 3 N–H and O–H groups in total. The van der Waals surface area contributed by atoms with Gasteiger partial charge in [-0.25, -0.2) is 10.8 Å². The van der Waals surface area contributed by atoms with Gasteiger partial charge in [-0.3, -0.25) is 5.43 Å². The van der Waals surface area contributed by atoms with Gasteiger partial charge in [-0.05, 0) is 31.7 Å². The molecule has 0 spiro atoms. The van der Waals surface area contributed by atoms with E-state index in [4.69, 9.17) is 5.84 Å². The van der Waals surface area contributed by atoms with Crippen LogP contribution >= 0.6 is 11.3 Å². The molecule has 1 aliphatic rings. The highest BCUT2D eigenvalue weighted by Crippen LogP contribution is 2.34. The number of nitrogens with one attached hydrogen (secondary N) is 1. The lowest BCUT2D eigenvalue weighted by molar-refractivity contribution is 0.779. The topological polar surface area (TPSA) is 67.1 Å². The lowest BCUT2D eigenvalue weighted by atomic mass is 10.3. The predicted octanol–water partition coefficient (Wildman–Crippen LogP) is 2.13. The van der Waals surface area contributed by atoms with Crippen molar-refractivity contribution in [1.29, 1.82) is 0 Å². The summed E-state index contributed by atoms with van der Waals surface area (Å²) in [6.07, 6.45) is 2.67. The van der Waals surface area contributed by atoms with Gasteiger partial charge in [-0.15, -0.1) is 11.3 Å². The van der Waals surface area contributed by atoms with E-state index in [1.807, 2.05) is 0 Å². The van der Waals surface area contributed by atoms with Crippen LogP contribution in [0.4, 0.5) is 11.8 Å². The van der Waals surface area contributed by atoms with Crippen molar-refractivity contribution >= 4 is 33.3 Å². The fraction of sp³-hybridized carbons (Fsp3) is 0.500. The summed E-state index contributed by atoms with van der Waals surface area (Å²) >= 11 is 1.67.